The molecule has 2 fully saturated rings. The molecular formula is C14H27NS. The SMILES string of the molecule is CCC(CC1CC1)NC1CSCCC1(C)C. The van der Waals surface area contributed by atoms with Crippen molar-refractivity contribution in [2.75, 3.05) is 11.5 Å². The molecule has 2 unspecified atom stereocenters. The van der Waals surface area contributed by atoms with E-state index < -0.39 is 0 Å². The predicted molar refractivity (Wildman–Crippen MR) is 74.1 cm³/mol. The Morgan fingerprint density at radius 1 is 1.38 bits per heavy atom. The van der Waals surface area contributed by atoms with Gasteiger partial charge in [-0.05, 0) is 36.3 Å². The van der Waals surface area contributed by atoms with E-state index in [9.17, 15) is 0 Å². The summed E-state index contributed by atoms with van der Waals surface area (Å²) in [6.07, 6.45) is 7.07. The lowest BCUT2D eigenvalue weighted by Crippen LogP contribution is -2.50. The van der Waals surface area contributed by atoms with E-state index in [1.807, 2.05) is 0 Å². The van der Waals surface area contributed by atoms with Crippen LogP contribution >= 0.6 is 11.8 Å². The van der Waals surface area contributed by atoms with Gasteiger partial charge in [0.2, 0.25) is 0 Å². The Balaban J connectivity index is 1.84. The van der Waals surface area contributed by atoms with Crippen LogP contribution in [0.3, 0.4) is 0 Å². The van der Waals surface area contributed by atoms with E-state index in [-0.39, 0.29) is 0 Å². The fraction of sp³-hybridized carbons (Fsp3) is 1.00. The van der Waals surface area contributed by atoms with Gasteiger partial charge >= 0.3 is 0 Å². The molecule has 2 rings (SSSR count). The normalized spacial score (nSPS) is 31.3. The third kappa shape index (κ3) is 3.40. The third-order valence-electron chi connectivity index (χ3n) is 4.36. The van der Waals surface area contributed by atoms with Crippen molar-refractivity contribution in [3.8, 4) is 0 Å². The molecule has 0 bridgehead atoms. The predicted octanol–water partition coefficient (Wildman–Crippen LogP) is 3.69. The average Bonchev–Trinajstić information content (AvgIpc) is 3.03. The van der Waals surface area contributed by atoms with Crippen molar-refractivity contribution in [3.05, 3.63) is 0 Å². The summed E-state index contributed by atoms with van der Waals surface area (Å²) in [5, 5.41) is 3.95. The zero-order valence-corrected chi connectivity index (χ0v) is 11.9. The first kappa shape index (κ1) is 12.8. The van der Waals surface area contributed by atoms with Gasteiger partial charge in [0, 0.05) is 17.8 Å². The highest BCUT2D eigenvalue weighted by Gasteiger charge is 2.34. The van der Waals surface area contributed by atoms with Crippen molar-refractivity contribution < 1.29 is 0 Å². The number of hydrogen-bond acceptors (Lipinski definition) is 2. The minimum absolute atomic E-state index is 0.502. The van der Waals surface area contributed by atoms with E-state index in [2.05, 4.69) is 37.8 Å². The largest absolute Gasteiger partial charge is 0.310 e. The van der Waals surface area contributed by atoms with Crippen molar-refractivity contribution in [2.45, 2.75) is 65.0 Å². The second kappa shape index (κ2) is 5.30. The summed E-state index contributed by atoms with van der Waals surface area (Å²) in [5.74, 6) is 3.72. The van der Waals surface area contributed by atoms with E-state index in [4.69, 9.17) is 0 Å². The lowest BCUT2D eigenvalue weighted by Gasteiger charge is -2.41. The highest BCUT2D eigenvalue weighted by molar-refractivity contribution is 7.99. The Bertz CT molecular complexity index is 223. The van der Waals surface area contributed by atoms with Crippen LogP contribution in [0.5, 0.6) is 0 Å². The highest BCUT2D eigenvalue weighted by Crippen LogP contribution is 2.37. The lowest BCUT2D eigenvalue weighted by molar-refractivity contribution is 0.220. The van der Waals surface area contributed by atoms with Gasteiger partial charge in [0.15, 0.2) is 0 Å². The molecule has 1 saturated carbocycles. The molecular weight excluding hydrogens is 214 g/mol. The van der Waals surface area contributed by atoms with Crippen molar-refractivity contribution >= 4 is 11.8 Å². The average molecular weight is 241 g/mol. The Labute approximate surface area is 105 Å². The van der Waals surface area contributed by atoms with Gasteiger partial charge in [-0.1, -0.05) is 33.6 Å². The second-order valence-corrected chi connectivity index (χ2v) is 7.47. The molecule has 1 N–H and O–H groups in total. The molecule has 1 aliphatic heterocycles. The van der Waals surface area contributed by atoms with Gasteiger partial charge < -0.3 is 5.32 Å². The zero-order valence-electron chi connectivity index (χ0n) is 11.1. The first-order valence-electron chi connectivity index (χ1n) is 6.95. The second-order valence-electron chi connectivity index (χ2n) is 6.32. The molecule has 0 spiro atoms. The van der Waals surface area contributed by atoms with Crippen LogP contribution in [0.1, 0.15) is 52.9 Å². The summed E-state index contributed by atoms with van der Waals surface area (Å²) in [4.78, 5) is 0. The number of thioether (sulfide) groups is 1. The Hall–Kier alpha value is 0.310. The Morgan fingerprint density at radius 2 is 2.12 bits per heavy atom. The maximum atomic E-state index is 3.95. The van der Waals surface area contributed by atoms with Gasteiger partial charge in [-0.25, -0.2) is 0 Å². The Morgan fingerprint density at radius 3 is 2.69 bits per heavy atom. The summed E-state index contributed by atoms with van der Waals surface area (Å²) in [7, 11) is 0. The molecule has 16 heavy (non-hydrogen) atoms. The van der Waals surface area contributed by atoms with Crippen LogP contribution in [-0.4, -0.2) is 23.6 Å². The van der Waals surface area contributed by atoms with Crippen LogP contribution in [0.25, 0.3) is 0 Å². The maximum Gasteiger partial charge on any atom is 0.0212 e. The monoisotopic (exact) mass is 241 g/mol. The fourth-order valence-electron chi connectivity index (χ4n) is 2.60. The van der Waals surface area contributed by atoms with Crippen molar-refractivity contribution in [2.24, 2.45) is 11.3 Å². The molecule has 1 aliphatic carbocycles. The molecule has 0 aromatic carbocycles. The quantitative estimate of drug-likeness (QED) is 0.788. The van der Waals surface area contributed by atoms with Crippen molar-refractivity contribution in [3.63, 3.8) is 0 Å². The van der Waals surface area contributed by atoms with Crippen LogP contribution in [0.4, 0.5) is 0 Å². The summed E-state index contributed by atoms with van der Waals surface area (Å²) >= 11 is 2.13. The summed E-state index contributed by atoms with van der Waals surface area (Å²) in [5.41, 5.74) is 0.502. The highest BCUT2D eigenvalue weighted by atomic mass is 32.2. The fourth-order valence-corrected chi connectivity index (χ4v) is 4.22. The minimum atomic E-state index is 0.502. The van der Waals surface area contributed by atoms with Gasteiger partial charge in [0.25, 0.3) is 0 Å². The molecule has 0 aromatic rings. The molecule has 2 aliphatic rings. The summed E-state index contributed by atoms with van der Waals surface area (Å²) in [6.45, 7) is 7.21. The maximum absolute atomic E-state index is 3.95. The van der Waals surface area contributed by atoms with Crippen LogP contribution in [0, 0.1) is 11.3 Å². The first-order chi connectivity index (χ1) is 7.62. The molecule has 1 heterocycles. The minimum Gasteiger partial charge on any atom is -0.310 e. The standard InChI is InChI=1S/C14H27NS/c1-4-12(9-11-5-6-11)15-13-10-16-8-7-14(13,2)3/h11-13,15H,4-10H2,1-3H3. The van der Waals surface area contributed by atoms with Crippen LogP contribution in [0.2, 0.25) is 0 Å². The third-order valence-corrected chi connectivity index (χ3v) is 5.42. The van der Waals surface area contributed by atoms with Crippen LogP contribution < -0.4 is 5.32 Å². The summed E-state index contributed by atoms with van der Waals surface area (Å²) in [6, 6.07) is 1.51. The first-order valence-corrected chi connectivity index (χ1v) is 8.11. The molecule has 94 valence electrons. The molecule has 0 aromatic heterocycles. The summed E-state index contributed by atoms with van der Waals surface area (Å²) < 4.78 is 0. The van der Waals surface area contributed by atoms with Gasteiger partial charge in [-0.2, -0.15) is 11.8 Å². The lowest BCUT2D eigenvalue weighted by atomic mass is 9.81. The molecule has 1 saturated heterocycles. The molecule has 2 heteroatoms. The van der Waals surface area contributed by atoms with E-state index in [0.29, 0.717) is 5.41 Å². The number of rotatable bonds is 5. The molecule has 1 nitrogen and oxygen atoms in total. The molecule has 0 amide bonds. The van der Waals surface area contributed by atoms with Gasteiger partial charge in [-0.15, -0.1) is 0 Å². The van der Waals surface area contributed by atoms with Gasteiger partial charge in [-0.3, -0.25) is 0 Å². The van der Waals surface area contributed by atoms with Crippen LogP contribution in [0.15, 0.2) is 0 Å². The van der Waals surface area contributed by atoms with Gasteiger partial charge in [0.05, 0.1) is 0 Å². The Kier molecular flexibility index (Phi) is 4.23. The zero-order chi connectivity index (χ0) is 11.6. The van der Waals surface area contributed by atoms with Crippen molar-refractivity contribution in [1.29, 1.82) is 0 Å². The smallest absolute Gasteiger partial charge is 0.0212 e. The van der Waals surface area contributed by atoms with Gasteiger partial charge in [0.1, 0.15) is 0 Å². The van der Waals surface area contributed by atoms with E-state index in [0.717, 1.165) is 18.0 Å². The van der Waals surface area contributed by atoms with Crippen LogP contribution in [-0.2, 0) is 0 Å². The number of nitrogens with one attached hydrogen (secondary N) is 1. The molecule has 2 atom stereocenters. The number of hydrogen-bond donors (Lipinski definition) is 1. The van der Waals surface area contributed by atoms with Crippen molar-refractivity contribution in [1.82, 2.24) is 5.32 Å². The van der Waals surface area contributed by atoms with E-state index >= 15 is 0 Å². The topological polar surface area (TPSA) is 12.0 Å². The van der Waals surface area contributed by atoms with E-state index in [1.54, 1.807) is 0 Å². The molecule has 0 radical (unpaired) electrons. The van der Waals surface area contributed by atoms with E-state index in [1.165, 1.54) is 43.6 Å².